The highest BCUT2D eigenvalue weighted by Gasteiger charge is 2.24. The van der Waals surface area contributed by atoms with Crippen LogP contribution < -0.4 is 0 Å². The Kier molecular flexibility index (Phi) is 4.02. The third-order valence-corrected chi connectivity index (χ3v) is 6.99. The summed E-state index contributed by atoms with van der Waals surface area (Å²) in [5, 5.41) is 1.78. The average Bonchev–Trinajstić information content (AvgIpc) is 2.91. The molecule has 126 valence electrons. The molecule has 0 N–H and O–H groups in total. The normalized spacial score (nSPS) is 12.1. The van der Waals surface area contributed by atoms with E-state index >= 15 is 0 Å². The van der Waals surface area contributed by atoms with Crippen LogP contribution in [0, 0.1) is 6.92 Å². The molecule has 1 heterocycles. The van der Waals surface area contributed by atoms with Crippen LogP contribution in [-0.2, 0) is 10.0 Å². The lowest BCUT2D eigenvalue weighted by atomic mass is 10.2. The van der Waals surface area contributed by atoms with Gasteiger partial charge in [0, 0.05) is 19.7 Å². The number of benzene rings is 3. The summed E-state index contributed by atoms with van der Waals surface area (Å²) in [7, 11) is -3.73. The molecular formula is C19H13Br2NO2S. The van der Waals surface area contributed by atoms with Crippen LogP contribution in [0.4, 0.5) is 0 Å². The Morgan fingerprint density at radius 3 is 2.28 bits per heavy atom. The van der Waals surface area contributed by atoms with Gasteiger partial charge in [-0.1, -0.05) is 51.8 Å². The summed E-state index contributed by atoms with van der Waals surface area (Å²) in [6.07, 6.45) is 0. The van der Waals surface area contributed by atoms with Gasteiger partial charge in [-0.05, 0) is 53.2 Å². The Labute approximate surface area is 162 Å². The zero-order valence-corrected chi connectivity index (χ0v) is 17.2. The number of hydrogen-bond acceptors (Lipinski definition) is 2. The number of nitrogens with zero attached hydrogens (tertiary/aromatic N) is 1. The molecule has 0 spiro atoms. The van der Waals surface area contributed by atoms with Gasteiger partial charge in [-0.25, -0.2) is 12.4 Å². The van der Waals surface area contributed by atoms with Crippen molar-refractivity contribution in [3.63, 3.8) is 0 Å². The Hall–Kier alpha value is -1.63. The predicted octanol–water partition coefficient (Wildman–Crippen LogP) is 5.86. The van der Waals surface area contributed by atoms with Crippen LogP contribution in [0.3, 0.4) is 0 Å². The van der Waals surface area contributed by atoms with E-state index in [-0.39, 0.29) is 4.90 Å². The standard InChI is InChI=1S/C19H13Br2NO2S/c1-12-6-8-14(9-7-12)25(23,24)22-18-5-3-2-4-15(18)16-10-13(20)11-17(21)19(16)22/h2-11H,1H3. The maximum Gasteiger partial charge on any atom is 0.268 e. The molecule has 0 unspecified atom stereocenters. The van der Waals surface area contributed by atoms with Crippen LogP contribution in [0.5, 0.6) is 0 Å². The Morgan fingerprint density at radius 2 is 1.56 bits per heavy atom. The maximum absolute atomic E-state index is 13.4. The monoisotopic (exact) mass is 477 g/mol. The summed E-state index contributed by atoms with van der Waals surface area (Å²) in [6, 6.07) is 18.3. The van der Waals surface area contributed by atoms with Crippen LogP contribution >= 0.6 is 31.9 Å². The highest BCUT2D eigenvalue weighted by Crippen LogP contribution is 2.38. The van der Waals surface area contributed by atoms with Crippen molar-refractivity contribution in [2.24, 2.45) is 0 Å². The lowest BCUT2D eigenvalue weighted by Crippen LogP contribution is -2.13. The van der Waals surface area contributed by atoms with Gasteiger partial charge in [-0.15, -0.1) is 0 Å². The van der Waals surface area contributed by atoms with Gasteiger partial charge in [-0.3, -0.25) is 0 Å². The van der Waals surface area contributed by atoms with E-state index < -0.39 is 10.0 Å². The zero-order valence-electron chi connectivity index (χ0n) is 13.2. The fraction of sp³-hybridized carbons (Fsp3) is 0.0526. The first-order valence-corrected chi connectivity index (χ1v) is 10.6. The first-order valence-electron chi connectivity index (χ1n) is 7.60. The molecule has 4 rings (SSSR count). The second kappa shape index (κ2) is 5.97. The van der Waals surface area contributed by atoms with Gasteiger partial charge in [-0.2, -0.15) is 0 Å². The second-order valence-electron chi connectivity index (χ2n) is 5.88. The minimum Gasteiger partial charge on any atom is -0.232 e. The van der Waals surface area contributed by atoms with Gasteiger partial charge in [0.25, 0.3) is 10.0 Å². The summed E-state index contributed by atoms with van der Waals surface area (Å²) >= 11 is 7.03. The largest absolute Gasteiger partial charge is 0.268 e. The average molecular weight is 479 g/mol. The third-order valence-electron chi connectivity index (χ3n) is 4.20. The minimum absolute atomic E-state index is 0.274. The maximum atomic E-state index is 13.4. The molecule has 1 aromatic heterocycles. The molecule has 0 fully saturated rings. The van der Waals surface area contributed by atoms with Gasteiger partial charge >= 0.3 is 0 Å². The highest BCUT2D eigenvalue weighted by atomic mass is 79.9. The molecule has 0 aliphatic heterocycles. The number of para-hydroxylation sites is 1. The molecule has 6 heteroatoms. The van der Waals surface area contributed by atoms with E-state index in [9.17, 15) is 8.42 Å². The summed E-state index contributed by atoms with van der Waals surface area (Å²) in [6.45, 7) is 1.94. The molecule has 25 heavy (non-hydrogen) atoms. The van der Waals surface area contributed by atoms with Crippen LogP contribution in [0.25, 0.3) is 21.8 Å². The molecule has 0 aliphatic carbocycles. The van der Waals surface area contributed by atoms with Gasteiger partial charge in [0.05, 0.1) is 15.9 Å². The van der Waals surface area contributed by atoms with Crippen LogP contribution in [-0.4, -0.2) is 12.4 Å². The number of rotatable bonds is 2. The lowest BCUT2D eigenvalue weighted by molar-refractivity contribution is 0.590. The fourth-order valence-electron chi connectivity index (χ4n) is 3.04. The molecule has 0 saturated heterocycles. The quantitative estimate of drug-likeness (QED) is 0.361. The van der Waals surface area contributed by atoms with Gasteiger partial charge in [0.1, 0.15) is 0 Å². The molecule has 0 atom stereocenters. The smallest absolute Gasteiger partial charge is 0.232 e. The Bertz CT molecular complexity index is 1230. The van der Waals surface area contributed by atoms with E-state index in [0.717, 1.165) is 25.3 Å². The number of hydrogen-bond donors (Lipinski definition) is 0. The van der Waals surface area contributed by atoms with Crippen molar-refractivity contribution >= 4 is 63.7 Å². The highest BCUT2D eigenvalue weighted by molar-refractivity contribution is 9.11. The minimum atomic E-state index is -3.73. The van der Waals surface area contributed by atoms with Gasteiger partial charge in [0.2, 0.25) is 0 Å². The van der Waals surface area contributed by atoms with E-state index in [1.54, 1.807) is 12.1 Å². The number of halogens is 2. The molecule has 0 aliphatic rings. The predicted molar refractivity (Wildman–Crippen MR) is 109 cm³/mol. The summed E-state index contributed by atoms with van der Waals surface area (Å²) in [5.41, 5.74) is 2.33. The lowest BCUT2D eigenvalue weighted by Gasteiger charge is -2.10. The summed E-state index contributed by atoms with van der Waals surface area (Å²) < 4.78 is 29.8. The Morgan fingerprint density at radius 1 is 0.880 bits per heavy atom. The van der Waals surface area contributed by atoms with Crippen LogP contribution in [0.15, 0.2) is 74.5 Å². The zero-order chi connectivity index (χ0) is 17.8. The summed E-state index contributed by atoms with van der Waals surface area (Å²) in [4.78, 5) is 0.274. The molecule has 3 nitrogen and oxygen atoms in total. The molecular weight excluding hydrogens is 466 g/mol. The van der Waals surface area contributed by atoms with E-state index in [4.69, 9.17) is 0 Å². The van der Waals surface area contributed by atoms with Crippen LogP contribution in [0.2, 0.25) is 0 Å². The molecule has 0 saturated carbocycles. The number of aryl methyl sites for hydroxylation is 1. The number of aromatic nitrogens is 1. The van der Waals surface area contributed by atoms with Crippen molar-refractivity contribution in [3.8, 4) is 0 Å². The SMILES string of the molecule is Cc1ccc(S(=O)(=O)n2c3ccccc3c3cc(Br)cc(Br)c32)cc1. The first kappa shape index (κ1) is 16.8. The second-order valence-corrected chi connectivity index (χ2v) is 9.44. The fourth-order valence-corrected chi connectivity index (χ4v) is 6.11. The van der Waals surface area contributed by atoms with Crippen molar-refractivity contribution in [3.05, 3.63) is 75.2 Å². The van der Waals surface area contributed by atoms with E-state index in [2.05, 4.69) is 31.9 Å². The third kappa shape index (κ3) is 2.63. The molecule has 0 bridgehead atoms. The van der Waals surface area contributed by atoms with Crippen molar-refractivity contribution in [1.82, 2.24) is 3.97 Å². The van der Waals surface area contributed by atoms with Crippen molar-refractivity contribution < 1.29 is 8.42 Å². The molecule has 4 aromatic rings. The van der Waals surface area contributed by atoms with Gasteiger partial charge in [0.15, 0.2) is 0 Å². The number of fused-ring (bicyclic) bond motifs is 3. The van der Waals surface area contributed by atoms with Gasteiger partial charge < -0.3 is 0 Å². The molecule has 0 radical (unpaired) electrons. The van der Waals surface area contributed by atoms with E-state index in [1.807, 2.05) is 55.5 Å². The summed E-state index contributed by atoms with van der Waals surface area (Å²) in [5.74, 6) is 0. The van der Waals surface area contributed by atoms with E-state index in [0.29, 0.717) is 11.0 Å². The van der Waals surface area contributed by atoms with Crippen LogP contribution in [0.1, 0.15) is 5.56 Å². The first-order chi connectivity index (χ1) is 11.9. The molecule has 3 aromatic carbocycles. The molecule has 0 amide bonds. The van der Waals surface area contributed by atoms with Crippen molar-refractivity contribution in [2.45, 2.75) is 11.8 Å². The van der Waals surface area contributed by atoms with Crippen molar-refractivity contribution in [1.29, 1.82) is 0 Å². The Balaban J connectivity index is 2.18. The van der Waals surface area contributed by atoms with E-state index in [1.165, 1.54) is 3.97 Å². The topological polar surface area (TPSA) is 39.1 Å². The van der Waals surface area contributed by atoms with Crippen molar-refractivity contribution in [2.75, 3.05) is 0 Å².